The Morgan fingerprint density at radius 3 is 2.05 bits per heavy atom. The van der Waals surface area contributed by atoms with E-state index in [1.165, 1.54) is 33.0 Å². The molecule has 0 aliphatic heterocycles. The number of fused-ring (bicyclic) bond motifs is 1. The average molecular weight is 246 g/mol. The van der Waals surface area contributed by atoms with Crippen molar-refractivity contribution in [2.24, 2.45) is 0 Å². The maximum atomic E-state index is 2.33. The van der Waals surface area contributed by atoms with Crippen molar-refractivity contribution in [3.05, 3.63) is 71.8 Å². The average Bonchev–Trinajstić information content (AvgIpc) is 2.46. The Bertz CT molecular complexity index is 723. The van der Waals surface area contributed by atoms with E-state index in [1.54, 1.807) is 0 Å². The van der Waals surface area contributed by atoms with Crippen LogP contribution >= 0.6 is 0 Å². The second-order valence-electron chi connectivity index (χ2n) is 5.02. The number of benzene rings is 3. The summed E-state index contributed by atoms with van der Waals surface area (Å²) in [5, 5.41) is 2.65. The second kappa shape index (κ2) is 4.89. The van der Waals surface area contributed by atoms with Crippen LogP contribution in [0.2, 0.25) is 0 Å². The van der Waals surface area contributed by atoms with E-state index in [2.05, 4.69) is 74.5 Å². The molecule has 3 rings (SSSR count). The van der Waals surface area contributed by atoms with E-state index in [1.807, 2.05) is 0 Å². The van der Waals surface area contributed by atoms with Crippen LogP contribution in [-0.4, -0.2) is 0 Å². The van der Waals surface area contributed by atoms with Gasteiger partial charge >= 0.3 is 0 Å². The van der Waals surface area contributed by atoms with Gasteiger partial charge in [0.25, 0.3) is 0 Å². The first-order valence-corrected chi connectivity index (χ1v) is 6.87. The van der Waals surface area contributed by atoms with Crippen molar-refractivity contribution in [2.45, 2.75) is 20.3 Å². The van der Waals surface area contributed by atoms with Gasteiger partial charge in [-0.3, -0.25) is 0 Å². The molecule has 0 heterocycles. The second-order valence-corrected chi connectivity index (χ2v) is 5.02. The summed E-state index contributed by atoms with van der Waals surface area (Å²) >= 11 is 0. The van der Waals surface area contributed by atoms with Gasteiger partial charge in [-0.15, -0.1) is 0 Å². The molecule has 0 heteroatoms. The third-order valence-corrected chi connectivity index (χ3v) is 3.79. The molecule has 19 heavy (non-hydrogen) atoms. The zero-order valence-corrected chi connectivity index (χ0v) is 11.5. The lowest BCUT2D eigenvalue weighted by Crippen LogP contribution is -1.90. The van der Waals surface area contributed by atoms with Crippen LogP contribution in [0.4, 0.5) is 0 Å². The summed E-state index contributed by atoms with van der Waals surface area (Å²) in [4.78, 5) is 0. The lowest BCUT2D eigenvalue weighted by atomic mass is 9.92. The van der Waals surface area contributed by atoms with Crippen molar-refractivity contribution >= 4 is 10.8 Å². The van der Waals surface area contributed by atoms with Gasteiger partial charge in [0, 0.05) is 0 Å². The molecule has 0 N–H and O–H groups in total. The molecule has 0 radical (unpaired) electrons. The molecule has 0 atom stereocenters. The van der Waals surface area contributed by atoms with Crippen LogP contribution in [-0.2, 0) is 6.42 Å². The lowest BCUT2D eigenvalue weighted by molar-refractivity contribution is 1.15. The molecule has 0 aromatic heterocycles. The number of aryl methyl sites for hydroxylation is 2. The minimum Gasteiger partial charge on any atom is -0.0620 e. The highest BCUT2D eigenvalue weighted by molar-refractivity contribution is 5.89. The summed E-state index contributed by atoms with van der Waals surface area (Å²) in [6, 6.07) is 21.9. The Labute approximate surface area is 114 Å². The minimum absolute atomic E-state index is 1.06. The summed E-state index contributed by atoms with van der Waals surface area (Å²) in [6.07, 6.45) is 1.06. The summed E-state index contributed by atoms with van der Waals surface area (Å²) in [6.45, 7) is 4.41. The fourth-order valence-corrected chi connectivity index (χ4v) is 2.71. The smallest absolute Gasteiger partial charge is 0.0143 e. The van der Waals surface area contributed by atoms with Crippen LogP contribution in [0.1, 0.15) is 18.1 Å². The van der Waals surface area contributed by atoms with Gasteiger partial charge in [-0.25, -0.2) is 0 Å². The van der Waals surface area contributed by atoms with Crippen LogP contribution in [0.5, 0.6) is 0 Å². The van der Waals surface area contributed by atoms with Crippen molar-refractivity contribution in [1.82, 2.24) is 0 Å². The summed E-state index contributed by atoms with van der Waals surface area (Å²) in [7, 11) is 0. The van der Waals surface area contributed by atoms with E-state index in [9.17, 15) is 0 Å². The largest absolute Gasteiger partial charge is 0.0620 e. The normalized spacial score (nSPS) is 10.8. The Morgan fingerprint density at radius 2 is 1.37 bits per heavy atom. The van der Waals surface area contributed by atoms with E-state index < -0.39 is 0 Å². The zero-order valence-electron chi connectivity index (χ0n) is 11.5. The molecular formula is C19H18. The van der Waals surface area contributed by atoms with Crippen molar-refractivity contribution < 1.29 is 0 Å². The number of rotatable bonds is 2. The molecule has 0 saturated carbocycles. The highest BCUT2D eigenvalue weighted by Gasteiger charge is 2.07. The molecule has 0 nitrogen and oxygen atoms in total. The summed E-state index contributed by atoms with van der Waals surface area (Å²) < 4.78 is 0. The number of hydrogen-bond donors (Lipinski definition) is 0. The lowest BCUT2D eigenvalue weighted by Gasteiger charge is -2.12. The molecule has 0 spiro atoms. The molecule has 0 aliphatic carbocycles. The van der Waals surface area contributed by atoms with E-state index in [4.69, 9.17) is 0 Å². The van der Waals surface area contributed by atoms with Crippen LogP contribution in [0, 0.1) is 6.92 Å². The van der Waals surface area contributed by atoms with Gasteiger partial charge in [0.05, 0.1) is 0 Å². The van der Waals surface area contributed by atoms with Crippen molar-refractivity contribution in [3.63, 3.8) is 0 Å². The Hall–Kier alpha value is -2.08. The number of hydrogen-bond acceptors (Lipinski definition) is 0. The molecule has 0 amide bonds. The molecule has 0 aliphatic rings. The van der Waals surface area contributed by atoms with Gasteiger partial charge in [-0.1, -0.05) is 61.5 Å². The highest BCUT2D eigenvalue weighted by Crippen LogP contribution is 2.31. The SMILES string of the molecule is CCc1cc2ccccc2cc1-c1ccccc1C. The van der Waals surface area contributed by atoms with Crippen LogP contribution in [0.3, 0.4) is 0 Å². The predicted molar refractivity (Wildman–Crippen MR) is 83.5 cm³/mol. The van der Waals surface area contributed by atoms with Crippen molar-refractivity contribution in [2.75, 3.05) is 0 Å². The van der Waals surface area contributed by atoms with Crippen LogP contribution < -0.4 is 0 Å². The first kappa shape index (κ1) is 12.0. The fraction of sp³-hybridized carbons (Fsp3) is 0.158. The van der Waals surface area contributed by atoms with E-state index in [0.717, 1.165) is 6.42 Å². The molecule has 0 bridgehead atoms. The minimum atomic E-state index is 1.06. The predicted octanol–water partition coefficient (Wildman–Crippen LogP) is 5.38. The van der Waals surface area contributed by atoms with E-state index in [0.29, 0.717) is 0 Å². The first-order chi connectivity index (χ1) is 9.29. The molecular weight excluding hydrogens is 228 g/mol. The first-order valence-electron chi connectivity index (χ1n) is 6.87. The summed E-state index contributed by atoms with van der Waals surface area (Å²) in [5.74, 6) is 0. The van der Waals surface area contributed by atoms with Gasteiger partial charge in [0.2, 0.25) is 0 Å². The third-order valence-electron chi connectivity index (χ3n) is 3.79. The standard InChI is InChI=1S/C19H18/c1-3-15-12-16-9-5-6-10-17(16)13-19(15)18-11-7-4-8-14(18)2/h4-13H,3H2,1-2H3. The van der Waals surface area contributed by atoms with Gasteiger partial charge in [-0.2, -0.15) is 0 Å². The molecule has 3 aromatic rings. The van der Waals surface area contributed by atoms with E-state index >= 15 is 0 Å². The van der Waals surface area contributed by atoms with Gasteiger partial charge in [0.1, 0.15) is 0 Å². The molecule has 3 aromatic carbocycles. The van der Waals surface area contributed by atoms with Crippen LogP contribution in [0.15, 0.2) is 60.7 Å². The van der Waals surface area contributed by atoms with Gasteiger partial charge < -0.3 is 0 Å². The maximum Gasteiger partial charge on any atom is -0.0143 e. The molecule has 0 saturated heterocycles. The van der Waals surface area contributed by atoms with Crippen LogP contribution in [0.25, 0.3) is 21.9 Å². The Morgan fingerprint density at radius 1 is 0.737 bits per heavy atom. The van der Waals surface area contributed by atoms with E-state index in [-0.39, 0.29) is 0 Å². The van der Waals surface area contributed by atoms with Crippen molar-refractivity contribution in [1.29, 1.82) is 0 Å². The van der Waals surface area contributed by atoms with Crippen molar-refractivity contribution in [3.8, 4) is 11.1 Å². The zero-order chi connectivity index (χ0) is 13.2. The molecule has 94 valence electrons. The molecule has 0 unspecified atom stereocenters. The quantitative estimate of drug-likeness (QED) is 0.569. The third kappa shape index (κ3) is 2.15. The Kier molecular flexibility index (Phi) is 3.08. The van der Waals surface area contributed by atoms with Gasteiger partial charge in [-0.05, 0) is 52.4 Å². The maximum absolute atomic E-state index is 2.33. The molecule has 0 fully saturated rings. The Balaban J connectivity index is 2.31. The fourth-order valence-electron chi connectivity index (χ4n) is 2.71. The monoisotopic (exact) mass is 246 g/mol. The highest BCUT2D eigenvalue weighted by atomic mass is 14.1. The van der Waals surface area contributed by atoms with Gasteiger partial charge in [0.15, 0.2) is 0 Å². The topological polar surface area (TPSA) is 0 Å². The summed E-state index contributed by atoms with van der Waals surface area (Å²) in [5.41, 5.74) is 5.49.